The Bertz CT molecular complexity index is 1020. The first kappa shape index (κ1) is 18.0. The third kappa shape index (κ3) is 3.21. The van der Waals surface area contributed by atoms with Gasteiger partial charge >= 0.3 is 0 Å². The highest BCUT2D eigenvalue weighted by Crippen LogP contribution is 2.37. The van der Waals surface area contributed by atoms with Gasteiger partial charge in [0, 0.05) is 12.6 Å². The molecule has 2 aromatic rings. The van der Waals surface area contributed by atoms with Crippen molar-refractivity contribution in [2.24, 2.45) is 0 Å². The Labute approximate surface area is 159 Å². The fourth-order valence-corrected chi connectivity index (χ4v) is 5.35. The van der Waals surface area contributed by atoms with Crippen molar-refractivity contribution in [1.29, 1.82) is 0 Å². The van der Waals surface area contributed by atoms with E-state index in [0.29, 0.717) is 23.7 Å². The monoisotopic (exact) mass is 386 g/mol. The van der Waals surface area contributed by atoms with Crippen LogP contribution in [0, 0.1) is 6.92 Å². The molecule has 2 aromatic carbocycles. The second-order valence-corrected chi connectivity index (χ2v) is 9.06. The third-order valence-corrected chi connectivity index (χ3v) is 7.16. The average molecular weight is 386 g/mol. The number of sulfonamides is 1. The van der Waals surface area contributed by atoms with Crippen molar-refractivity contribution in [3.63, 3.8) is 0 Å². The zero-order valence-electron chi connectivity index (χ0n) is 15.4. The van der Waals surface area contributed by atoms with Crippen molar-refractivity contribution in [3.05, 3.63) is 47.5 Å². The van der Waals surface area contributed by atoms with Gasteiger partial charge in [0.1, 0.15) is 5.75 Å². The minimum absolute atomic E-state index is 0.0418. The van der Waals surface area contributed by atoms with Crippen molar-refractivity contribution >= 4 is 21.6 Å². The number of ether oxygens (including phenoxy) is 1. The molecule has 4 rings (SSSR count). The van der Waals surface area contributed by atoms with Gasteiger partial charge in [-0.15, -0.1) is 0 Å². The Hall–Kier alpha value is -2.38. The van der Waals surface area contributed by atoms with E-state index < -0.39 is 10.0 Å². The van der Waals surface area contributed by atoms with Crippen molar-refractivity contribution in [3.8, 4) is 11.5 Å². The van der Waals surface area contributed by atoms with Crippen molar-refractivity contribution in [2.75, 3.05) is 11.9 Å². The molecule has 0 aromatic heterocycles. The number of amides is 1. The molecule has 2 aliphatic heterocycles. The van der Waals surface area contributed by atoms with E-state index in [9.17, 15) is 13.2 Å². The number of fused-ring (bicyclic) bond motifs is 2. The molecule has 0 radical (unpaired) electrons. The van der Waals surface area contributed by atoms with Crippen molar-refractivity contribution in [1.82, 2.24) is 4.31 Å². The van der Waals surface area contributed by atoms with E-state index in [1.165, 1.54) is 16.4 Å². The molecule has 6 nitrogen and oxygen atoms in total. The Morgan fingerprint density at radius 3 is 2.70 bits per heavy atom. The Morgan fingerprint density at radius 2 is 1.93 bits per heavy atom. The summed E-state index contributed by atoms with van der Waals surface area (Å²) in [7, 11) is -3.66. The highest BCUT2D eigenvalue weighted by molar-refractivity contribution is 7.89. The standard InChI is InChI=1S/C20H22N2O4S/c1-13-6-8-17-19(11-13)26-18-9-7-15(12-16(18)20(23)21-17)27(24,25)22-10-4-3-5-14(22)2/h6-9,11-12,14H,3-5,10H2,1-2H3,(H,21,23). The van der Waals surface area contributed by atoms with E-state index in [0.717, 1.165) is 24.8 Å². The summed E-state index contributed by atoms with van der Waals surface area (Å²) in [6, 6.07) is 9.95. The molecule has 2 aliphatic rings. The molecule has 142 valence electrons. The zero-order valence-corrected chi connectivity index (χ0v) is 16.2. The molecule has 0 saturated carbocycles. The molecule has 0 bridgehead atoms. The van der Waals surface area contributed by atoms with Crippen molar-refractivity contribution < 1.29 is 17.9 Å². The van der Waals surface area contributed by atoms with Gasteiger partial charge in [0.2, 0.25) is 10.0 Å². The first-order chi connectivity index (χ1) is 12.9. The molecular formula is C20H22N2O4S. The van der Waals surface area contributed by atoms with Gasteiger partial charge in [0.05, 0.1) is 16.1 Å². The number of piperidine rings is 1. The predicted molar refractivity (Wildman–Crippen MR) is 103 cm³/mol. The predicted octanol–water partition coefficient (Wildman–Crippen LogP) is 3.92. The van der Waals surface area contributed by atoms with Gasteiger partial charge in [0.15, 0.2) is 5.75 Å². The number of hydrogen-bond donors (Lipinski definition) is 1. The number of rotatable bonds is 2. The number of carbonyl (C=O) groups excluding carboxylic acids is 1. The topological polar surface area (TPSA) is 75.7 Å². The molecule has 1 unspecified atom stereocenters. The Morgan fingerprint density at radius 1 is 1.11 bits per heavy atom. The number of carbonyl (C=O) groups is 1. The van der Waals surface area contributed by atoms with Crippen LogP contribution in [0.3, 0.4) is 0 Å². The normalized spacial score (nSPS) is 20.1. The number of nitrogens with zero attached hydrogens (tertiary/aromatic N) is 1. The molecule has 7 heteroatoms. The van der Waals surface area contributed by atoms with Gasteiger partial charge in [0.25, 0.3) is 5.91 Å². The number of aryl methyl sites for hydroxylation is 1. The van der Waals surface area contributed by atoms with Gasteiger partial charge < -0.3 is 10.1 Å². The van der Waals surface area contributed by atoms with Crippen LogP contribution in [-0.4, -0.2) is 31.2 Å². The third-order valence-electron chi connectivity index (χ3n) is 5.15. The van der Waals surface area contributed by atoms with Crippen molar-refractivity contribution in [2.45, 2.75) is 44.0 Å². The number of benzene rings is 2. The fraction of sp³-hybridized carbons (Fsp3) is 0.350. The number of anilines is 1. The summed E-state index contributed by atoms with van der Waals surface area (Å²) in [6.07, 6.45) is 2.74. The van der Waals surface area contributed by atoms with Crippen LogP contribution in [0.15, 0.2) is 41.3 Å². The molecule has 1 amide bonds. The SMILES string of the molecule is Cc1ccc2c(c1)Oc1ccc(S(=O)(=O)N3CCCCC3C)cc1C(=O)N2. The molecule has 1 fully saturated rings. The Balaban J connectivity index is 1.74. The highest BCUT2D eigenvalue weighted by Gasteiger charge is 2.32. The quantitative estimate of drug-likeness (QED) is 0.849. The Kier molecular flexibility index (Phi) is 4.44. The number of hydrogen-bond acceptors (Lipinski definition) is 4. The van der Waals surface area contributed by atoms with E-state index in [1.807, 2.05) is 26.0 Å². The summed E-state index contributed by atoms with van der Waals surface area (Å²) in [4.78, 5) is 12.8. The molecule has 0 aliphatic carbocycles. The molecular weight excluding hydrogens is 364 g/mol. The maximum atomic E-state index is 13.1. The molecule has 1 saturated heterocycles. The second-order valence-electron chi connectivity index (χ2n) is 7.17. The average Bonchev–Trinajstić information content (AvgIpc) is 2.77. The molecule has 1 atom stereocenters. The van der Waals surface area contributed by atoms with Gasteiger partial charge in [-0.3, -0.25) is 4.79 Å². The lowest BCUT2D eigenvalue weighted by atomic mass is 10.1. The second kappa shape index (κ2) is 6.65. The minimum atomic E-state index is -3.66. The summed E-state index contributed by atoms with van der Waals surface area (Å²) in [5.74, 6) is 0.515. The first-order valence-corrected chi connectivity index (χ1v) is 10.6. The summed E-state index contributed by atoms with van der Waals surface area (Å²) < 4.78 is 33.6. The first-order valence-electron chi connectivity index (χ1n) is 9.12. The summed E-state index contributed by atoms with van der Waals surface area (Å²) in [6.45, 7) is 4.37. The largest absolute Gasteiger partial charge is 0.454 e. The summed E-state index contributed by atoms with van der Waals surface area (Å²) in [5, 5.41) is 2.80. The van der Waals surface area contributed by atoms with Gasteiger partial charge in [-0.2, -0.15) is 4.31 Å². The van der Waals surface area contributed by atoms with Crippen LogP contribution in [0.25, 0.3) is 0 Å². The lowest BCUT2D eigenvalue weighted by molar-refractivity contribution is 0.102. The van der Waals surface area contributed by atoms with Crippen LogP contribution in [0.1, 0.15) is 42.1 Å². The van der Waals surface area contributed by atoms with E-state index in [4.69, 9.17) is 4.74 Å². The van der Waals surface area contributed by atoms with Gasteiger partial charge in [-0.25, -0.2) is 8.42 Å². The number of nitrogens with one attached hydrogen (secondary N) is 1. The molecule has 1 N–H and O–H groups in total. The summed E-state index contributed by atoms with van der Waals surface area (Å²) in [5.41, 5.74) is 1.79. The lowest BCUT2D eigenvalue weighted by Gasteiger charge is -2.32. The van der Waals surface area contributed by atoms with E-state index in [2.05, 4.69) is 5.32 Å². The summed E-state index contributed by atoms with van der Waals surface area (Å²) >= 11 is 0. The van der Waals surface area contributed by atoms with Crippen LogP contribution < -0.4 is 10.1 Å². The van der Waals surface area contributed by atoms with Crippen LogP contribution >= 0.6 is 0 Å². The molecule has 0 spiro atoms. The fourth-order valence-electron chi connectivity index (χ4n) is 3.63. The lowest BCUT2D eigenvalue weighted by Crippen LogP contribution is -2.41. The molecule has 2 heterocycles. The van der Waals surface area contributed by atoms with Crippen LogP contribution in [-0.2, 0) is 10.0 Å². The molecule has 27 heavy (non-hydrogen) atoms. The van der Waals surface area contributed by atoms with Crippen LogP contribution in [0.2, 0.25) is 0 Å². The minimum Gasteiger partial charge on any atom is -0.454 e. The maximum absolute atomic E-state index is 13.1. The maximum Gasteiger partial charge on any atom is 0.259 e. The van der Waals surface area contributed by atoms with E-state index in [1.54, 1.807) is 12.1 Å². The highest BCUT2D eigenvalue weighted by atomic mass is 32.2. The van der Waals surface area contributed by atoms with Crippen LogP contribution in [0.5, 0.6) is 11.5 Å². The van der Waals surface area contributed by atoms with E-state index >= 15 is 0 Å². The zero-order chi connectivity index (χ0) is 19.2. The van der Waals surface area contributed by atoms with Gasteiger partial charge in [-0.1, -0.05) is 12.5 Å². The van der Waals surface area contributed by atoms with Gasteiger partial charge in [-0.05, 0) is 62.6 Å². The van der Waals surface area contributed by atoms with Crippen LogP contribution in [0.4, 0.5) is 5.69 Å². The van der Waals surface area contributed by atoms with E-state index in [-0.39, 0.29) is 22.4 Å². The smallest absolute Gasteiger partial charge is 0.259 e.